The lowest BCUT2D eigenvalue weighted by molar-refractivity contribution is -0.147. The molecule has 1 unspecified atom stereocenters. The maximum absolute atomic E-state index is 12.7. The number of tetrazole rings is 1. The number of hydrogen-bond acceptors (Lipinski definition) is 6. The Morgan fingerprint density at radius 1 is 1.07 bits per heavy atom. The Morgan fingerprint density at radius 3 is 2.39 bits per heavy atom. The van der Waals surface area contributed by atoms with Crippen LogP contribution in [0.2, 0.25) is 0 Å². The lowest BCUT2D eigenvalue weighted by atomic mass is 10.0. The molecule has 8 heteroatoms. The zero-order valence-corrected chi connectivity index (χ0v) is 15.6. The summed E-state index contributed by atoms with van der Waals surface area (Å²) in [5.74, 6) is -0.646. The molecule has 3 aromatic rings. The van der Waals surface area contributed by atoms with E-state index < -0.39 is 6.04 Å². The van der Waals surface area contributed by atoms with Crippen molar-refractivity contribution in [1.82, 2.24) is 25.5 Å². The second-order valence-corrected chi connectivity index (χ2v) is 6.48. The van der Waals surface area contributed by atoms with Crippen LogP contribution < -0.4 is 5.32 Å². The van der Waals surface area contributed by atoms with Gasteiger partial charge in [-0.1, -0.05) is 30.3 Å². The molecule has 1 atom stereocenters. The number of esters is 1. The molecule has 1 amide bonds. The minimum absolute atomic E-state index is 0.0522. The van der Waals surface area contributed by atoms with Crippen molar-refractivity contribution in [3.63, 3.8) is 0 Å². The van der Waals surface area contributed by atoms with E-state index in [1.54, 1.807) is 38.1 Å². The summed E-state index contributed by atoms with van der Waals surface area (Å²) in [5, 5.41) is 13.9. The summed E-state index contributed by atoms with van der Waals surface area (Å²) in [6, 6.07) is 15.7. The molecule has 0 fully saturated rings. The topological polar surface area (TPSA) is 99.0 Å². The summed E-state index contributed by atoms with van der Waals surface area (Å²) in [5.41, 5.74) is 2.04. The van der Waals surface area contributed by atoms with Gasteiger partial charge in [-0.15, -0.1) is 5.10 Å². The van der Waals surface area contributed by atoms with Crippen molar-refractivity contribution >= 4 is 11.9 Å². The highest BCUT2D eigenvalue weighted by molar-refractivity contribution is 5.94. The Kier molecular flexibility index (Phi) is 6.11. The first-order valence-corrected chi connectivity index (χ1v) is 8.91. The molecule has 0 saturated heterocycles. The van der Waals surface area contributed by atoms with Crippen LogP contribution in [0.5, 0.6) is 0 Å². The number of nitrogens with zero attached hydrogens (tertiary/aromatic N) is 4. The summed E-state index contributed by atoms with van der Waals surface area (Å²) in [6.45, 7) is 3.58. The van der Waals surface area contributed by atoms with Crippen LogP contribution in [-0.2, 0) is 9.53 Å². The van der Waals surface area contributed by atoms with Crippen molar-refractivity contribution in [3.05, 3.63) is 72.1 Å². The smallest absolute Gasteiger partial charge is 0.308 e. The van der Waals surface area contributed by atoms with Gasteiger partial charge < -0.3 is 10.1 Å². The highest BCUT2D eigenvalue weighted by Crippen LogP contribution is 2.19. The van der Waals surface area contributed by atoms with Gasteiger partial charge in [-0.2, -0.15) is 0 Å². The first kappa shape index (κ1) is 19.2. The van der Waals surface area contributed by atoms with Gasteiger partial charge >= 0.3 is 5.97 Å². The molecule has 1 aromatic heterocycles. The molecule has 0 saturated carbocycles. The Morgan fingerprint density at radius 2 is 1.79 bits per heavy atom. The molecule has 0 bridgehead atoms. The third-order valence-electron chi connectivity index (χ3n) is 3.99. The van der Waals surface area contributed by atoms with Crippen LogP contribution in [0.1, 0.15) is 42.2 Å². The number of carbonyl (C=O) groups is 2. The number of nitrogens with one attached hydrogen (secondary N) is 1. The highest BCUT2D eigenvalue weighted by Gasteiger charge is 2.20. The van der Waals surface area contributed by atoms with Crippen LogP contribution in [0.3, 0.4) is 0 Å². The first-order chi connectivity index (χ1) is 13.5. The van der Waals surface area contributed by atoms with E-state index >= 15 is 0 Å². The number of aromatic nitrogens is 4. The summed E-state index contributed by atoms with van der Waals surface area (Å²) in [4.78, 5) is 24.9. The summed E-state index contributed by atoms with van der Waals surface area (Å²) in [6.07, 6.45) is 1.32. The zero-order valence-electron chi connectivity index (χ0n) is 15.6. The minimum atomic E-state index is -0.487. The Balaban J connectivity index is 1.74. The third-order valence-corrected chi connectivity index (χ3v) is 3.99. The van der Waals surface area contributed by atoms with E-state index in [9.17, 15) is 9.59 Å². The number of hydrogen-bond donors (Lipinski definition) is 1. The standard InChI is InChI=1S/C20H21N5O3/c1-14(2)28-19(26)12-18(15-6-4-3-5-7-15)22-20(27)16-8-10-17(11-9-16)25-13-21-23-24-25/h3-11,13-14,18H,12H2,1-2H3,(H,22,27). The molecule has 3 rings (SSSR count). The fraction of sp³-hybridized carbons (Fsp3) is 0.250. The van der Waals surface area contributed by atoms with Crippen LogP contribution >= 0.6 is 0 Å². The molecular weight excluding hydrogens is 358 g/mol. The number of carbonyl (C=O) groups excluding carboxylic acids is 2. The molecule has 1 N–H and O–H groups in total. The molecule has 0 aliphatic heterocycles. The van der Waals surface area contributed by atoms with Gasteiger partial charge in [0, 0.05) is 5.56 Å². The van der Waals surface area contributed by atoms with Crippen molar-refractivity contribution in [2.45, 2.75) is 32.4 Å². The molecule has 0 spiro atoms. The van der Waals surface area contributed by atoms with Crippen molar-refractivity contribution < 1.29 is 14.3 Å². The average molecular weight is 379 g/mol. The van der Waals surface area contributed by atoms with Crippen LogP contribution in [0.25, 0.3) is 5.69 Å². The number of ether oxygens (including phenoxy) is 1. The van der Waals surface area contributed by atoms with Crippen LogP contribution in [-0.4, -0.2) is 38.2 Å². The van der Waals surface area contributed by atoms with Crippen molar-refractivity contribution in [1.29, 1.82) is 0 Å². The molecule has 28 heavy (non-hydrogen) atoms. The first-order valence-electron chi connectivity index (χ1n) is 8.91. The van der Waals surface area contributed by atoms with Gasteiger partial charge in [0.1, 0.15) is 6.33 Å². The van der Waals surface area contributed by atoms with Gasteiger partial charge in [0.15, 0.2) is 0 Å². The second kappa shape index (κ2) is 8.90. The third kappa shape index (κ3) is 5.00. The van der Waals surface area contributed by atoms with Crippen molar-refractivity contribution in [2.24, 2.45) is 0 Å². The Bertz CT molecular complexity index is 909. The number of benzene rings is 2. The molecule has 8 nitrogen and oxygen atoms in total. The van der Waals surface area contributed by atoms with E-state index in [4.69, 9.17) is 4.74 Å². The van der Waals surface area contributed by atoms with Crippen LogP contribution in [0.15, 0.2) is 60.9 Å². The van der Waals surface area contributed by atoms with Crippen LogP contribution in [0.4, 0.5) is 0 Å². The summed E-state index contributed by atoms with van der Waals surface area (Å²) < 4.78 is 6.73. The SMILES string of the molecule is CC(C)OC(=O)CC(NC(=O)c1ccc(-n2cnnn2)cc1)c1ccccc1. The largest absolute Gasteiger partial charge is 0.463 e. The van der Waals surface area contributed by atoms with Gasteiger partial charge in [-0.25, -0.2) is 4.68 Å². The van der Waals surface area contributed by atoms with Crippen molar-refractivity contribution in [3.8, 4) is 5.69 Å². The molecule has 1 heterocycles. The lowest BCUT2D eigenvalue weighted by Crippen LogP contribution is -2.31. The molecule has 2 aromatic carbocycles. The molecule has 0 aliphatic carbocycles. The fourth-order valence-electron chi connectivity index (χ4n) is 2.70. The van der Waals surface area contributed by atoms with Gasteiger partial charge in [-0.05, 0) is 54.1 Å². The number of amides is 1. The lowest BCUT2D eigenvalue weighted by Gasteiger charge is -2.19. The van der Waals surface area contributed by atoms with E-state index in [0.717, 1.165) is 11.3 Å². The number of rotatable bonds is 7. The maximum Gasteiger partial charge on any atom is 0.308 e. The minimum Gasteiger partial charge on any atom is -0.463 e. The van der Waals surface area contributed by atoms with Gasteiger partial charge in [-0.3, -0.25) is 9.59 Å². The van der Waals surface area contributed by atoms with E-state index in [2.05, 4.69) is 20.8 Å². The predicted molar refractivity (Wildman–Crippen MR) is 102 cm³/mol. The Hall–Kier alpha value is -3.55. The van der Waals surface area contributed by atoms with Gasteiger partial charge in [0.25, 0.3) is 5.91 Å². The maximum atomic E-state index is 12.7. The van der Waals surface area contributed by atoms with E-state index in [-0.39, 0.29) is 24.4 Å². The summed E-state index contributed by atoms with van der Waals surface area (Å²) >= 11 is 0. The average Bonchev–Trinajstić information content (AvgIpc) is 3.22. The molecular formula is C20H21N5O3. The quantitative estimate of drug-likeness (QED) is 0.633. The predicted octanol–water partition coefficient (Wildman–Crippen LogP) is 2.48. The van der Waals surface area contributed by atoms with Gasteiger partial charge in [0.2, 0.25) is 0 Å². The molecule has 0 aliphatic rings. The van der Waals surface area contributed by atoms with E-state index in [1.165, 1.54) is 11.0 Å². The summed E-state index contributed by atoms with van der Waals surface area (Å²) in [7, 11) is 0. The normalized spacial score (nSPS) is 11.8. The Labute approximate surface area is 162 Å². The van der Waals surface area contributed by atoms with Crippen molar-refractivity contribution in [2.75, 3.05) is 0 Å². The van der Waals surface area contributed by atoms with E-state index in [0.29, 0.717) is 5.56 Å². The monoisotopic (exact) mass is 379 g/mol. The van der Waals surface area contributed by atoms with Crippen LogP contribution in [0, 0.1) is 0 Å². The fourth-order valence-corrected chi connectivity index (χ4v) is 2.70. The van der Waals surface area contributed by atoms with Gasteiger partial charge in [0.05, 0.1) is 24.3 Å². The second-order valence-electron chi connectivity index (χ2n) is 6.48. The zero-order chi connectivity index (χ0) is 19.9. The van der Waals surface area contributed by atoms with E-state index in [1.807, 2.05) is 30.3 Å². The highest BCUT2D eigenvalue weighted by atomic mass is 16.5. The molecule has 0 radical (unpaired) electrons. The molecule has 144 valence electrons.